The average molecular weight is 521 g/mol. The molecule has 11 heteroatoms. The van der Waals surface area contributed by atoms with Crippen LogP contribution in [-0.4, -0.2) is 43.9 Å². The van der Waals surface area contributed by atoms with Gasteiger partial charge in [-0.1, -0.05) is 30.3 Å². The molecule has 0 saturated carbocycles. The van der Waals surface area contributed by atoms with Crippen molar-refractivity contribution in [2.45, 2.75) is 12.8 Å². The van der Waals surface area contributed by atoms with Crippen LogP contribution in [0.1, 0.15) is 33.6 Å². The monoisotopic (exact) mass is 520 g/mol. The molecule has 1 amide bonds. The van der Waals surface area contributed by atoms with Crippen molar-refractivity contribution in [3.63, 3.8) is 0 Å². The molecule has 0 atom stereocenters. The minimum absolute atomic E-state index is 0. The van der Waals surface area contributed by atoms with Gasteiger partial charge < -0.3 is 15.4 Å². The summed E-state index contributed by atoms with van der Waals surface area (Å²) in [6.07, 6.45) is 1.55. The number of hydrogen-bond donors (Lipinski definition) is 3. The lowest BCUT2D eigenvalue weighted by Gasteiger charge is -2.21. The summed E-state index contributed by atoms with van der Waals surface area (Å²) in [6, 6.07) is 16.9. The van der Waals surface area contributed by atoms with E-state index in [1.807, 2.05) is 0 Å². The molecule has 190 valence electrons. The van der Waals surface area contributed by atoms with E-state index >= 15 is 0 Å². The molecule has 0 aliphatic rings. The summed E-state index contributed by atoms with van der Waals surface area (Å²) in [6.45, 7) is -0.0502. The maximum atomic E-state index is 13.4. The Labute approximate surface area is 218 Å². The average Bonchev–Trinajstić information content (AvgIpc) is 2.87. The van der Waals surface area contributed by atoms with Gasteiger partial charge in [0.25, 0.3) is 11.5 Å². The van der Waals surface area contributed by atoms with E-state index in [0.29, 0.717) is 33.7 Å². The van der Waals surface area contributed by atoms with Crippen molar-refractivity contribution in [3.8, 4) is 0 Å². The van der Waals surface area contributed by atoms with Crippen molar-refractivity contribution >= 4 is 47.0 Å². The Morgan fingerprint density at radius 1 is 1.08 bits per heavy atom. The molecule has 2 aromatic heterocycles. The molecule has 37 heavy (non-hydrogen) atoms. The molecule has 0 unspecified atom stereocenters. The Balaban J connectivity index is 0.00000380. The highest BCUT2D eigenvalue weighted by Gasteiger charge is 2.21. The first-order valence-corrected chi connectivity index (χ1v) is 11.1. The topological polar surface area (TPSA) is 155 Å². The summed E-state index contributed by atoms with van der Waals surface area (Å²) in [5, 5.41) is 16.7. The number of nitrogens with zero attached hydrogens (tertiary/aromatic N) is 4. The number of benzene rings is 2. The van der Waals surface area contributed by atoms with Gasteiger partial charge in [0.05, 0.1) is 17.5 Å². The summed E-state index contributed by atoms with van der Waals surface area (Å²) >= 11 is 0. The van der Waals surface area contributed by atoms with Crippen LogP contribution >= 0.6 is 12.4 Å². The number of aryl methyl sites for hydroxylation is 1. The van der Waals surface area contributed by atoms with E-state index in [2.05, 4.69) is 9.97 Å². The van der Waals surface area contributed by atoms with Crippen molar-refractivity contribution in [1.29, 1.82) is 5.41 Å². The van der Waals surface area contributed by atoms with Gasteiger partial charge in [-0.3, -0.25) is 24.7 Å². The second-order valence-electron chi connectivity index (χ2n) is 8.20. The molecule has 0 radical (unpaired) electrons. The molecule has 4 rings (SSSR count). The standard InChI is InChI=1S/C26H24N6O4.ClH/c1-31-21-10-9-18(25(35)32(13-11-23(33)34)22-4-2-3-12-29-22)15-19(21)30-20(26(31)36)14-16-5-7-17(8-6-16)24(27)28;/h2-10,12,15H,11,13-14H2,1H3,(H3,27,28)(H,33,34);1H. The SMILES string of the molecule is Cl.Cn1c(=O)c(Cc2ccc(C(=N)N)cc2)nc2cc(C(=O)N(CCC(=O)O)c3ccccn3)ccc21. The van der Waals surface area contributed by atoms with Crippen LogP contribution in [0.25, 0.3) is 11.0 Å². The largest absolute Gasteiger partial charge is 0.481 e. The van der Waals surface area contributed by atoms with Gasteiger partial charge in [-0.05, 0) is 35.9 Å². The Bertz CT molecular complexity index is 1520. The third-order valence-corrected chi connectivity index (χ3v) is 5.75. The fourth-order valence-electron chi connectivity index (χ4n) is 3.83. The smallest absolute Gasteiger partial charge is 0.305 e. The molecule has 0 aliphatic heterocycles. The molecule has 4 aromatic rings. The molecule has 2 aromatic carbocycles. The molecule has 0 aliphatic carbocycles. The number of amides is 1. The fraction of sp³-hybridized carbons (Fsp3) is 0.154. The molecule has 2 heterocycles. The number of hydrogen-bond acceptors (Lipinski definition) is 6. The number of nitrogens with one attached hydrogen (secondary N) is 1. The van der Waals surface area contributed by atoms with Gasteiger partial charge >= 0.3 is 5.97 Å². The Hall–Kier alpha value is -4.57. The van der Waals surface area contributed by atoms with Crippen LogP contribution in [0, 0.1) is 5.41 Å². The summed E-state index contributed by atoms with van der Waals surface area (Å²) in [5.74, 6) is -1.15. The third kappa shape index (κ3) is 5.99. The zero-order valence-corrected chi connectivity index (χ0v) is 20.7. The first kappa shape index (κ1) is 27.0. The normalized spacial score (nSPS) is 10.5. The molecule has 0 fully saturated rings. The molecular weight excluding hydrogens is 496 g/mol. The lowest BCUT2D eigenvalue weighted by atomic mass is 10.1. The maximum Gasteiger partial charge on any atom is 0.305 e. The molecule has 0 spiro atoms. The number of nitrogens with two attached hydrogens (primary N) is 1. The second kappa shape index (κ2) is 11.4. The predicted molar refractivity (Wildman–Crippen MR) is 143 cm³/mol. The van der Waals surface area contributed by atoms with E-state index in [9.17, 15) is 14.4 Å². The van der Waals surface area contributed by atoms with Gasteiger partial charge in [0, 0.05) is 37.3 Å². The first-order valence-electron chi connectivity index (χ1n) is 11.1. The summed E-state index contributed by atoms with van der Waals surface area (Å²) in [5.41, 5.74) is 8.27. The van der Waals surface area contributed by atoms with Crippen LogP contribution in [-0.2, 0) is 18.3 Å². The summed E-state index contributed by atoms with van der Waals surface area (Å²) < 4.78 is 1.48. The molecule has 0 bridgehead atoms. The Kier molecular flexibility index (Phi) is 8.36. The highest BCUT2D eigenvalue weighted by molar-refractivity contribution is 6.07. The van der Waals surface area contributed by atoms with Gasteiger partial charge in [-0.2, -0.15) is 0 Å². The van der Waals surface area contributed by atoms with Gasteiger partial charge in [0.1, 0.15) is 17.3 Å². The maximum absolute atomic E-state index is 13.4. The number of carbonyl (C=O) groups excluding carboxylic acids is 1. The van der Waals surface area contributed by atoms with Crippen LogP contribution in [0.3, 0.4) is 0 Å². The highest BCUT2D eigenvalue weighted by atomic mass is 35.5. The fourth-order valence-corrected chi connectivity index (χ4v) is 3.83. The number of fused-ring (bicyclic) bond motifs is 1. The van der Waals surface area contributed by atoms with Gasteiger partial charge in [-0.25, -0.2) is 9.97 Å². The Morgan fingerprint density at radius 3 is 2.41 bits per heavy atom. The zero-order valence-electron chi connectivity index (χ0n) is 19.9. The Morgan fingerprint density at radius 2 is 1.78 bits per heavy atom. The number of aromatic nitrogens is 3. The number of carboxylic acids is 1. The molecule has 0 saturated heterocycles. The van der Waals surface area contributed by atoms with E-state index in [4.69, 9.17) is 16.2 Å². The van der Waals surface area contributed by atoms with Gasteiger partial charge in [-0.15, -0.1) is 12.4 Å². The predicted octanol–water partition coefficient (Wildman–Crippen LogP) is 2.75. The number of pyridine rings is 1. The summed E-state index contributed by atoms with van der Waals surface area (Å²) in [4.78, 5) is 47.5. The van der Waals surface area contributed by atoms with Crippen LogP contribution in [0.2, 0.25) is 0 Å². The van der Waals surface area contributed by atoms with E-state index in [1.54, 1.807) is 67.7 Å². The number of rotatable bonds is 8. The van der Waals surface area contributed by atoms with Crippen LogP contribution in [0.4, 0.5) is 5.82 Å². The minimum Gasteiger partial charge on any atom is -0.481 e. The van der Waals surface area contributed by atoms with Crippen molar-refractivity contribution < 1.29 is 14.7 Å². The first-order chi connectivity index (χ1) is 17.2. The minimum atomic E-state index is -1.03. The van der Waals surface area contributed by atoms with Crippen molar-refractivity contribution in [3.05, 3.63) is 99.6 Å². The van der Waals surface area contributed by atoms with E-state index in [0.717, 1.165) is 5.56 Å². The zero-order chi connectivity index (χ0) is 25.8. The molecule has 4 N–H and O–H groups in total. The number of nitrogen functional groups attached to an aromatic ring is 1. The number of halogens is 1. The van der Waals surface area contributed by atoms with Crippen LogP contribution < -0.4 is 16.2 Å². The molecule has 10 nitrogen and oxygen atoms in total. The van der Waals surface area contributed by atoms with Crippen molar-refractivity contribution in [2.75, 3.05) is 11.4 Å². The third-order valence-electron chi connectivity index (χ3n) is 5.75. The lowest BCUT2D eigenvalue weighted by molar-refractivity contribution is -0.136. The van der Waals surface area contributed by atoms with Crippen LogP contribution in [0.15, 0.2) is 71.7 Å². The lowest BCUT2D eigenvalue weighted by Crippen LogP contribution is -2.33. The van der Waals surface area contributed by atoms with Gasteiger partial charge in [0.15, 0.2) is 0 Å². The quantitative estimate of drug-likeness (QED) is 0.238. The number of carboxylic acid groups (broad SMARTS) is 1. The van der Waals surface area contributed by atoms with E-state index in [1.165, 1.54) is 15.7 Å². The summed E-state index contributed by atoms with van der Waals surface area (Å²) in [7, 11) is 1.64. The number of anilines is 1. The molecular formula is C26H25ClN6O4. The number of aliphatic carboxylic acids is 1. The van der Waals surface area contributed by atoms with E-state index in [-0.39, 0.29) is 43.2 Å². The number of carbonyl (C=O) groups is 2. The second-order valence-corrected chi connectivity index (χ2v) is 8.20. The number of amidine groups is 1. The van der Waals surface area contributed by atoms with Crippen LogP contribution in [0.5, 0.6) is 0 Å². The van der Waals surface area contributed by atoms with Crippen molar-refractivity contribution in [1.82, 2.24) is 14.5 Å². The highest BCUT2D eigenvalue weighted by Crippen LogP contribution is 2.19. The van der Waals surface area contributed by atoms with Crippen molar-refractivity contribution in [2.24, 2.45) is 12.8 Å². The van der Waals surface area contributed by atoms with E-state index < -0.39 is 11.9 Å². The van der Waals surface area contributed by atoms with Gasteiger partial charge in [0.2, 0.25) is 0 Å².